The lowest BCUT2D eigenvalue weighted by molar-refractivity contribution is -0.139. The molecule has 0 aliphatic carbocycles. The molecule has 1 aliphatic heterocycles. The van der Waals surface area contributed by atoms with E-state index in [0.29, 0.717) is 12.5 Å². The summed E-state index contributed by atoms with van der Waals surface area (Å²) in [6.45, 7) is 2.42. The van der Waals surface area contributed by atoms with Gasteiger partial charge in [-0.25, -0.2) is 9.59 Å². The summed E-state index contributed by atoms with van der Waals surface area (Å²) < 4.78 is 0. The van der Waals surface area contributed by atoms with Crippen molar-refractivity contribution in [1.82, 2.24) is 15.1 Å². The predicted molar refractivity (Wildman–Crippen MR) is 74.5 cm³/mol. The number of amides is 2. The van der Waals surface area contributed by atoms with Crippen LogP contribution in [0, 0.1) is 5.92 Å². The van der Waals surface area contributed by atoms with Gasteiger partial charge in [-0.1, -0.05) is 0 Å². The number of nitrogens with one attached hydrogen (secondary N) is 1. The molecule has 1 fully saturated rings. The van der Waals surface area contributed by atoms with E-state index in [4.69, 9.17) is 10.2 Å². The summed E-state index contributed by atoms with van der Waals surface area (Å²) in [6, 6.07) is -1.43. The lowest BCUT2D eigenvalue weighted by Crippen LogP contribution is -2.48. The van der Waals surface area contributed by atoms with Crippen molar-refractivity contribution in [3.8, 4) is 0 Å². The third kappa shape index (κ3) is 5.34. The van der Waals surface area contributed by atoms with E-state index in [1.165, 1.54) is 4.90 Å². The average molecular weight is 287 g/mol. The molecule has 0 aromatic rings. The van der Waals surface area contributed by atoms with Crippen LogP contribution in [-0.4, -0.2) is 78.4 Å². The van der Waals surface area contributed by atoms with Gasteiger partial charge in [0.1, 0.15) is 6.04 Å². The fraction of sp³-hybridized carbons (Fsp3) is 0.846. The highest BCUT2D eigenvalue weighted by Crippen LogP contribution is 2.16. The zero-order chi connectivity index (χ0) is 15.1. The van der Waals surface area contributed by atoms with Gasteiger partial charge in [-0.05, 0) is 38.9 Å². The second-order valence-corrected chi connectivity index (χ2v) is 5.48. The number of aliphatic carboxylic acids is 1. The fourth-order valence-corrected chi connectivity index (χ4v) is 2.36. The molecule has 0 radical (unpaired) electrons. The van der Waals surface area contributed by atoms with Crippen molar-refractivity contribution < 1.29 is 19.8 Å². The van der Waals surface area contributed by atoms with Gasteiger partial charge in [-0.2, -0.15) is 0 Å². The third-order valence-electron chi connectivity index (χ3n) is 3.73. The van der Waals surface area contributed by atoms with Crippen molar-refractivity contribution in [2.75, 3.05) is 40.3 Å². The normalized spacial score (nSPS) is 18.6. The van der Waals surface area contributed by atoms with Gasteiger partial charge in [-0.3, -0.25) is 0 Å². The molecule has 1 saturated heterocycles. The fourth-order valence-electron chi connectivity index (χ4n) is 2.36. The number of aliphatic hydroxyl groups excluding tert-OH is 1. The Morgan fingerprint density at radius 2 is 2.00 bits per heavy atom. The van der Waals surface area contributed by atoms with Crippen molar-refractivity contribution in [1.29, 1.82) is 0 Å². The Labute approximate surface area is 119 Å². The maximum Gasteiger partial charge on any atom is 0.326 e. The molecule has 0 bridgehead atoms. The smallest absolute Gasteiger partial charge is 0.326 e. The molecule has 0 spiro atoms. The minimum atomic E-state index is -1.12. The Hall–Kier alpha value is -1.34. The first-order valence-electron chi connectivity index (χ1n) is 6.98. The number of carboxylic acid groups (broad SMARTS) is 1. The molecule has 1 rings (SSSR count). The quantitative estimate of drug-likeness (QED) is 0.629. The highest BCUT2D eigenvalue weighted by molar-refractivity contribution is 5.82. The molecule has 0 aromatic heterocycles. The third-order valence-corrected chi connectivity index (χ3v) is 3.73. The molecular weight excluding hydrogens is 262 g/mol. The van der Waals surface area contributed by atoms with Crippen LogP contribution in [0.2, 0.25) is 0 Å². The van der Waals surface area contributed by atoms with E-state index in [1.54, 1.807) is 7.05 Å². The first-order chi connectivity index (χ1) is 9.43. The molecule has 7 heteroatoms. The number of hydrogen-bond acceptors (Lipinski definition) is 4. The monoisotopic (exact) mass is 287 g/mol. The van der Waals surface area contributed by atoms with Gasteiger partial charge in [-0.15, -0.1) is 0 Å². The zero-order valence-electron chi connectivity index (χ0n) is 12.2. The average Bonchev–Trinajstić information content (AvgIpc) is 2.40. The van der Waals surface area contributed by atoms with Crippen LogP contribution in [0.3, 0.4) is 0 Å². The van der Waals surface area contributed by atoms with Crippen LogP contribution < -0.4 is 5.32 Å². The van der Waals surface area contributed by atoms with Gasteiger partial charge in [0.2, 0.25) is 0 Å². The van der Waals surface area contributed by atoms with Crippen molar-refractivity contribution in [2.45, 2.75) is 25.3 Å². The standard InChI is InChI=1S/C13H25N3O4/c1-15-6-3-10(4-7-15)9-16(2)13(20)14-11(5-8-17)12(18)19/h10-11,17H,3-9H2,1-2H3,(H,14,20)(H,18,19)/t11-/m1/s1. The lowest BCUT2D eigenvalue weighted by atomic mass is 9.97. The first-order valence-corrected chi connectivity index (χ1v) is 6.98. The van der Waals surface area contributed by atoms with Crippen LogP contribution in [-0.2, 0) is 4.79 Å². The number of carboxylic acids is 1. The molecule has 0 saturated carbocycles. The minimum Gasteiger partial charge on any atom is -0.480 e. The minimum absolute atomic E-state index is 0.0170. The SMILES string of the molecule is CN1CCC(CN(C)C(=O)N[C@H](CCO)C(=O)O)CC1. The summed E-state index contributed by atoms with van der Waals surface area (Å²) in [5, 5.41) is 20.2. The van der Waals surface area contributed by atoms with E-state index in [-0.39, 0.29) is 13.0 Å². The summed E-state index contributed by atoms with van der Waals surface area (Å²) in [5.74, 6) is -0.664. The van der Waals surface area contributed by atoms with Gasteiger partial charge in [0.25, 0.3) is 0 Å². The van der Waals surface area contributed by atoms with Crippen LogP contribution in [0.4, 0.5) is 4.79 Å². The Morgan fingerprint density at radius 3 is 2.50 bits per heavy atom. The van der Waals surface area contributed by atoms with Gasteiger partial charge in [0.15, 0.2) is 0 Å². The number of nitrogens with zero attached hydrogens (tertiary/aromatic N) is 2. The Morgan fingerprint density at radius 1 is 1.40 bits per heavy atom. The van der Waals surface area contributed by atoms with Crippen LogP contribution in [0.25, 0.3) is 0 Å². The zero-order valence-corrected chi connectivity index (χ0v) is 12.2. The van der Waals surface area contributed by atoms with Crippen LogP contribution in [0.15, 0.2) is 0 Å². The number of urea groups is 1. The van der Waals surface area contributed by atoms with Crippen LogP contribution in [0.1, 0.15) is 19.3 Å². The molecule has 3 N–H and O–H groups in total. The Balaban J connectivity index is 2.39. The van der Waals surface area contributed by atoms with E-state index in [9.17, 15) is 9.59 Å². The molecule has 20 heavy (non-hydrogen) atoms. The molecular formula is C13H25N3O4. The van der Waals surface area contributed by atoms with Gasteiger partial charge in [0.05, 0.1) is 0 Å². The summed E-state index contributed by atoms with van der Waals surface area (Å²) in [5.41, 5.74) is 0. The number of carbonyl (C=O) groups is 2. The maximum atomic E-state index is 11.9. The predicted octanol–water partition coefficient (Wildman–Crippen LogP) is -0.195. The number of aliphatic hydroxyl groups is 1. The molecule has 116 valence electrons. The first kappa shape index (κ1) is 16.7. The largest absolute Gasteiger partial charge is 0.480 e. The van der Waals surface area contributed by atoms with E-state index in [0.717, 1.165) is 25.9 Å². The molecule has 2 amide bonds. The second kappa shape index (κ2) is 8.06. The molecule has 1 aliphatic rings. The molecule has 0 aromatic carbocycles. The van der Waals surface area contributed by atoms with Gasteiger partial charge in [0, 0.05) is 26.6 Å². The van der Waals surface area contributed by atoms with Crippen molar-refractivity contribution >= 4 is 12.0 Å². The Bertz CT molecular complexity index is 330. The second-order valence-electron chi connectivity index (χ2n) is 5.48. The molecule has 1 atom stereocenters. The van der Waals surface area contributed by atoms with Crippen molar-refractivity contribution in [3.05, 3.63) is 0 Å². The van der Waals surface area contributed by atoms with Gasteiger partial charge >= 0.3 is 12.0 Å². The van der Waals surface area contributed by atoms with E-state index < -0.39 is 18.0 Å². The van der Waals surface area contributed by atoms with Crippen molar-refractivity contribution in [2.24, 2.45) is 5.92 Å². The number of likely N-dealkylation sites (tertiary alicyclic amines) is 1. The molecule has 0 unspecified atom stereocenters. The highest BCUT2D eigenvalue weighted by atomic mass is 16.4. The van der Waals surface area contributed by atoms with Crippen molar-refractivity contribution in [3.63, 3.8) is 0 Å². The highest BCUT2D eigenvalue weighted by Gasteiger charge is 2.24. The summed E-state index contributed by atoms with van der Waals surface area (Å²) in [6.07, 6.45) is 2.11. The van der Waals surface area contributed by atoms with E-state index >= 15 is 0 Å². The summed E-state index contributed by atoms with van der Waals surface area (Å²) >= 11 is 0. The number of rotatable bonds is 6. The van der Waals surface area contributed by atoms with Gasteiger partial charge < -0.3 is 25.3 Å². The lowest BCUT2D eigenvalue weighted by Gasteiger charge is -2.32. The number of carbonyl (C=O) groups excluding carboxylic acids is 1. The molecule has 1 heterocycles. The Kier molecular flexibility index (Phi) is 6.74. The number of hydrogen-bond donors (Lipinski definition) is 3. The molecule has 7 nitrogen and oxygen atoms in total. The summed E-state index contributed by atoms with van der Waals surface area (Å²) in [4.78, 5) is 26.6. The van der Waals surface area contributed by atoms with E-state index in [2.05, 4.69) is 17.3 Å². The topological polar surface area (TPSA) is 93.1 Å². The van der Waals surface area contributed by atoms with Crippen LogP contribution >= 0.6 is 0 Å². The van der Waals surface area contributed by atoms with E-state index in [1.807, 2.05) is 0 Å². The number of piperidine rings is 1. The summed E-state index contributed by atoms with van der Waals surface area (Å²) in [7, 11) is 3.75. The van der Waals surface area contributed by atoms with Crippen LogP contribution in [0.5, 0.6) is 0 Å². The maximum absolute atomic E-state index is 11.9.